The summed E-state index contributed by atoms with van der Waals surface area (Å²) in [4.78, 5) is 0. The molecular formula is C11H14BrNO. The first-order chi connectivity index (χ1) is 6.66. The molecule has 0 amide bonds. The van der Waals surface area contributed by atoms with E-state index in [9.17, 15) is 0 Å². The van der Waals surface area contributed by atoms with Gasteiger partial charge in [-0.3, -0.25) is 0 Å². The van der Waals surface area contributed by atoms with Crippen molar-refractivity contribution in [3.8, 4) is 5.75 Å². The van der Waals surface area contributed by atoms with Crippen molar-refractivity contribution in [1.82, 2.24) is 0 Å². The van der Waals surface area contributed by atoms with Gasteiger partial charge in [0.05, 0.1) is 0 Å². The van der Waals surface area contributed by atoms with Crippen LogP contribution in [-0.4, -0.2) is 12.1 Å². The normalized spacial score (nSPS) is 22.4. The number of aryl methyl sites for hydroxylation is 1. The van der Waals surface area contributed by atoms with Gasteiger partial charge in [-0.25, -0.2) is 0 Å². The zero-order chi connectivity index (χ0) is 10.1. The molecule has 2 rings (SSSR count). The van der Waals surface area contributed by atoms with Gasteiger partial charge in [0.2, 0.25) is 0 Å². The molecule has 0 aliphatic carbocycles. The van der Waals surface area contributed by atoms with Crippen LogP contribution in [0.1, 0.15) is 18.9 Å². The molecule has 1 heterocycles. The van der Waals surface area contributed by atoms with Gasteiger partial charge in [0.1, 0.15) is 11.9 Å². The van der Waals surface area contributed by atoms with Crippen LogP contribution in [0.15, 0.2) is 22.7 Å². The minimum atomic E-state index is 0.104. The molecular weight excluding hydrogens is 242 g/mol. The fraction of sp³-hybridized carbons (Fsp3) is 0.455. The number of rotatable bonds is 1. The van der Waals surface area contributed by atoms with Gasteiger partial charge in [0, 0.05) is 10.5 Å². The molecule has 0 fully saturated rings. The lowest BCUT2D eigenvalue weighted by Crippen LogP contribution is -2.38. The van der Waals surface area contributed by atoms with E-state index in [0.717, 1.165) is 23.1 Å². The zero-order valence-electron chi connectivity index (χ0n) is 8.16. The fourth-order valence-electron chi connectivity index (χ4n) is 1.75. The highest BCUT2D eigenvalue weighted by Crippen LogP contribution is 2.30. The van der Waals surface area contributed by atoms with E-state index in [-0.39, 0.29) is 12.1 Å². The molecule has 3 heteroatoms. The molecule has 2 atom stereocenters. The molecule has 2 N–H and O–H groups in total. The van der Waals surface area contributed by atoms with Gasteiger partial charge in [-0.05, 0) is 43.5 Å². The first-order valence-electron chi connectivity index (χ1n) is 4.87. The van der Waals surface area contributed by atoms with E-state index in [1.54, 1.807) is 0 Å². The van der Waals surface area contributed by atoms with Gasteiger partial charge in [-0.2, -0.15) is 0 Å². The van der Waals surface area contributed by atoms with E-state index in [0.29, 0.717) is 0 Å². The second-order valence-electron chi connectivity index (χ2n) is 3.81. The summed E-state index contributed by atoms with van der Waals surface area (Å²) in [6.45, 7) is 1.99. The molecule has 0 radical (unpaired) electrons. The first kappa shape index (κ1) is 9.99. The number of hydrogen-bond acceptors (Lipinski definition) is 2. The van der Waals surface area contributed by atoms with Crippen LogP contribution in [0.2, 0.25) is 0 Å². The molecule has 0 aromatic heterocycles. The van der Waals surface area contributed by atoms with Crippen LogP contribution >= 0.6 is 15.9 Å². The van der Waals surface area contributed by atoms with Gasteiger partial charge in [-0.1, -0.05) is 15.9 Å². The van der Waals surface area contributed by atoms with Crippen molar-refractivity contribution in [1.29, 1.82) is 0 Å². The average Bonchev–Trinajstić information content (AvgIpc) is 2.16. The van der Waals surface area contributed by atoms with Crippen molar-refractivity contribution in [2.24, 2.45) is 5.73 Å². The molecule has 2 nitrogen and oxygen atoms in total. The molecule has 1 aliphatic rings. The Morgan fingerprint density at radius 2 is 2.36 bits per heavy atom. The molecule has 14 heavy (non-hydrogen) atoms. The smallest absolute Gasteiger partial charge is 0.123 e. The molecule has 0 saturated carbocycles. The maximum absolute atomic E-state index is 5.82. The molecule has 2 unspecified atom stereocenters. The van der Waals surface area contributed by atoms with Gasteiger partial charge in [-0.15, -0.1) is 0 Å². The van der Waals surface area contributed by atoms with Crippen LogP contribution in [0.25, 0.3) is 0 Å². The zero-order valence-corrected chi connectivity index (χ0v) is 9.75. The molecule has 76 valence electrons. The van der Waals surface area contributed by atoms with Crippen molar-refractivity contribution in [3.05, 3.63) is 28.2 Å². The maximum atomic E-state index is 5.82. The monoisotopic (exact) mass is 255 g/mol. The van der Waals surface area contributed by atoms with Crippen LogP contribution < -0.4 is 10.5 Å². The summed E-state index contributed by atoms with van der Waals surface area (Å²) in [5.74, 6) is 0.988. The van der Waals surface area contributed by atoms with Crippen molar-refractivity contribution >= 4 is 15.9 Å². The third kappa shape index (κ3) is 1.93. The third-order valence-corrected chi connectivity index (χ3v) is 3.08. The Balaban J connectivity index is 2.23. The summed E-state index contributed by atoms with van der Waals surface area (Å²) >= 11 is 3.45. The molecule has 0 bridgehead atoms. The van der Waals surface area contributed by atoms with E-state index in [1.165, 1.54) is 5.56 Å². The van der Waals surface area contributed by atoms with Gasteiger partial charge in [0.25, 0.3) is 0 Å². The van der Waals surface area contributed by atoms with E-state index in [1.807, 2.05) is 19.1 Å². The second kappa shape index (κ2) is 3.91. The summed E-state index contributed by atoms with van der Waals surface area (Å²) in [6.07, 6.45) is 2.24. The van der Waals surface area contributed by atoms with Crippen molar-refractivity contribution in [3.63, 3.8) is 0 Å². The molecule has 1 aliphatic heterocycles. The summed E-state index contributed by atoms with van der Waals surface area (Å²) < 4.78 is 6.91. The maximum Gasteiger partial charge on any atom is 0.123 e. The lowest BCUT2D eigenvalue weighted by Gasteiger charge is -2.28. The molecule has 1 aromatic carbocycles. The SMILES string of the molecule is CC(N)C1CCc2cc(Br)ccc2O1. The highest BCUT2D eigenvalue weighted by atomic mass is 79.9. The summed E-state index contributed by atoms with van der Waals surface area (Å²) in [5, 5.41) is 0. The number of benzene rings is 1. The summed E-state index contributed by atoms with van der Waals surface area (Å²) in [5.41, 5.74) is 7.09. The number of hydrogen-bond donors (Lipinski definition) is 1. The Kier molecular flexibility index (Phi) is 2.79. The molecule has 0 saturated heterocycles. The summed E-state index contributed by atoms with van der Waals surface area (Å²) in [6, 6.07) is 6.23. The standard InChI is InChI=1S/C11H14BrNO/c1-7(13)10-4-2-8-6-9(12)3-5-11(8)14-10/h3,5-7,10H,2,4,13H2,1H3. The van der Waals surface area contributed by atoms with Crippen LogP contribution in [0.5, 0.6) is 5.75 Å². The molecule has 0 spiro atoms. The minimum absolute atomic E-state index is 0.104. The second-order valence-corrected chi connectivity index (χ2v) is 4.72. The average molecular weight is 256 g/mol. The molecule has 1 aromatic rings. The lowest BCUT2D eigenvalue weighted by molar-refractivity contribution is 0.151. The van der Waals surface area contributed by atoms with Gasteiger partial charge >= 0.3 is 0 Å². The third-order valence-electron chi connectivity index (χ3n) is 2.59. The largest absolute Gasteiger partial charge is 0.489 e. The van der Waals surface area contributed by atoms with Gasteiger partial charge < -0.3 is 10.5 Å². The van der Waals surface area contributed by atoms with Crippen LogP contribution in [0, 0.1) is 0 Å². The van der Waals surface area contributed by atoms with E-state index in [4.69, 9.17) is 10.5 Å². The Hall–Kier alpha value is -0.540. The fourth-order valence-corrected chi connectivity index (χ4v) is 2.16. The summed E-state index contributed by atoms with van der Waals surface area (Å²) in [7, 11) is 0. The Morgan fingerprint density at radius 3 is 3.07 bits per heavy atom. The number of fused-ring (bicyclic) bond motifs is 1. The van der Waals surface area contributed by atoms with Crippen LogP contribution in [0.4, 0.5) is 0 Å². The van der Waals surface area contributed by atoms with Crippen molar-refractivity contribution < 1.29 is 4.74 Å². The predicted molar refractivity (Wildman–Crippen MR) is 60.5 cm³/mol. The van der Waals surface area contributed by atoms with E-state index >= 15 is 0 Å². The highest BCUT2D eigenvalue weighted by Gasteiger charge is 2.22. The predicted octanol–water partition coefficient (Wildman–Crippen LogP) is 2.49. The number of halogens is 1. The quantitative estimate of drug-likeness (QED) is 0.837. The van der Waals surface area contributed by atoms with Crippen LogP contribution in [-0.2, 0) is 6.42 Å². The van der Waals surface area contributed by atoms with Crippen LogP contribution in [0.3, 0.4) is 0 Å². The van der Waals surface area contributed by atoms with Crippen molar-refractivity contribution in [2.45, 2.75) is 31.9 Å². The minimum Gasteiger partial charge on any atom is -0.489 e. The van der Waals surface area contributed by atoms with E-state index < -0.39 is 0 Å². The first-order valence-corrected chi connectivity index (χ1v) is 5.67. The topological polar surface area (TPSA) is 35.2 Å². The highest BCUT2D eigenvalue weighted by molar-refractivity contribution is 9.10. The van der Waals surface area contributed by atoms with Gasteiger partial charge in [0.15, 0.2) is 0 Å². The number of nitrogens with two attached hydrogens (primary N) is 1. The Bertz CT molecular complexity index is 338. The Morgan fingerprint density at radius 1 is 1.57 bits per heavy atom. The van der Waals surface area contributed by atoms with Crippen molar-refractivity contribution in [2.75, 3.05) is 0 Å². The van der Waals surface area contributed by atoms with E-state index in [2.05, 4.69) is 22.0 Å². The Labute approximate surface area is 92.6 Å². The lowest BCUT2D eigenvalue weighted by atomic mass is 9.99. The number of ether oxygens (including phenoxy) is 1.